The van der Waals surface area contributed by atoms with Crippen LogP contribution in [0.5, 0.6) is 5.75 Å². The molecule has 1 aromatic heterocycles. The summed E-state index contributed by atoms with van der Waals surface area (Å²) in [7, 11) is 0. The van der Waals surface area contributed by atoms with E-state index in [1.807, 2.05) is 60.9 Å². The van der Waals surface area contributed by atoms with Crippen LogP contribution in [0.4, 0.5) is 0 Å². The van der Waals surface area contributed by atoms with Crippen molar-refractivity contribution in [1.29, 1.82) is 0 Å². The molecule has 1 atom stereocenters. The Morgan fingerprint density at radius 1 is 0.921 bits per heavy atom. The van der Waals surface area contributed by atoms with Gasteiger partial charge in [-0.05, 0) is 48.9 Å². The fraction of sp³-hybridized carbons (Fsp3) is 0.419. The summed E-state index contributed by atoms with van der Waals surface area (Å²) >= 11 is 0. The molecule has 0 bridgehead atoms. The molecule has 1 aliphatic heterocycles. The van der Waals surface area contributed by atoms with Crippen molar-refractivity contribution >= 4 is 11.9 Å². The van der Waals surface area contributed by atoms with Crippen LogP contribution < -0.4 is 4.74 Å². The monoisotopic (exact) mass is 515 g/mol. The summed E-state index contributed by atoms with van der Waals surface area (Å²) in [6, 6.07) is 15.2. The Labute approximate surface area is 224 Å². The molecule has 3 aromatic rings. The number of carbonyl (C=O) groups excluding carboxylic acids is 1. The third-order valence-electron chi connectivity index (χ3n) is 7.05. The molecular weight excluding hydrogens is 478 g/mol. The maximum atomic E-state index is 12.5. The van der Waals surface area contributed by atoms with Crippen LogP contribution in [0, 0.1) is 0 Å². The van der Waals surface area contributed by atoms with Gasteiger partial charge in [-0.3, -0.25) is 4.79 Å². The normalized spacial score (nSPS) is 15.0. The fourth-order valence-corrected chi connectivity index (χ4v) is 4.80. The van der Waals surface area contributed by atoms with Crippen molar-refractivity contribution in [2.24, 2.45) is 0 Å². The highest BCUT2D eigenvalue weighted by atomic mass is 16.5. The van der Waals surface area contributed by atoms with Gasteiger partial charge < -0.3 is 14.7 Å². The zero-order valence-corrected chi connectivity index (χ0v) is 22.1. The number of aliphatic carboxylic acids is 1. The molecule has 7 nitrogen and oxygen atoms in total. The van der Waals surface area contributed by atoms with Crippen molar-refractivity contribution in [2.45, 2.75) is 70.8 Å². The van der Waals surface area contributed by atoms with Crippen LogP contribution in [0.2, 0.25) is 0 Å². The third-order valence-corrected chi connectivity index (χ3v) is 7.05. The first-order valence-corrected chi connectivity index (χ1v) is 13.7. The molecule has 2 heterocycles. The maximum Gasteiger partial charge on any atom is 0.326 e. The second-order valence-electron chi connectivity index (χ2n) is 9.86. The zero-order chi connectivity index (χ0) is 26.7. The average Bonchev–Trinajstić information content (AvgIpc) is 3.45. The number of carboxylic acids is 1. The van der Waals surface area contributed by atoms with Crippen molar-refractivity contribution in [3.8, 4) is 28.3 Å². The molecule has 200 valence electrons. The molecule has 0 spiro atoms. The maximum absolute atomic E-state index is 12.5. The molecule has 0 saturated carbocycles. The Balaban J connectivity index is 1.27. The van der Waals surface area contributed by atoms with E-state index in [4.69, 9.17) is 4.74 Å². The quantitative estimate of drug-likeness (QED) is 0.274. The van der Waals surface area contributed by atoms with Crippen LogP contribution in [-0.2, 0) is 16.0 Å². The first-order valence-electron chi connectivity index (χ1n) is 13.7. The first-order chi connectivity index (χ1) is 18.5. The lowest BCUT2D eigenvalue weighted by Crippen LogP contribution is -2.40. The topological polar surface area (TPSA) is 92.6 Å². The fourth-order valence-electron chi connectivity index (χ4n) is 4.80. The molecule has 7 heteroatoms. The van der Waals surface area contributed by atoms with E-state index in [2.05, 4.69) is 16.9 Å². The van der Waals surface area contributed by atoms with Crippen molar-refractivity contribution in [2.75, 3.05) is 13.2 Å². The van der Waals surface area contributed by atoms with Gasteiger partial charge in [0.1, 0.15) is 11.8 Å². The molecule has 0 aliphatic carbocycles. The van der Waals surface area contributed by atoms with Gasteiger partial charge in [-0.15, -0.1) is 0 Å². The Hall–Kier alpha value is -3.74. The first kappa shape index (κ1) is 27.3. The standard InChI is InChI=1S/C31H37N3O4/c1-2-3-4-5-6-20-38-27-16-14-24(15-17-27)26-21-32-30(33-22-26)25-12-9-23(10-13-25)11-18-29(35)34-19-7-8-28(34)31(36)37/h9-10,12-17,21-22,28H,2-8,11,18-20H2,1H3,(H,36,37)/t28-/m0/s1. The van der Waals surface area contributed by atoms with Crippen LogP contribution in [0.3, 0.4) is 0 Å². The van der Waals surface area contributed by atoms with E-state index in [0.717, 1.165) is 47.5 Å². The number of hydrogen-bond donors (Lipinski definition) is 1. The Bertz CT molecular complexity index is 1180. The highest BCUT2D eigenvalue weighted by Gasteiger charge is 2.33. The van der Waals surface area contributed by atoms with Crippen LogP contribution in [0.15, 0.2) is 60.9 Å². The molecular formula is C31H37N3O4. The van der Waals surface area contributed by atoms with E-state index >= 15 is 0 Å². The van der Waals surface area contributed by atoms with Gasteiger partial charge >= 0.3 is 5.97 Å². The minimum Gasteiger partial charge on any atom is -0.494 e. The highest BCUT2D eigenvalue weighted by Crippen LogP contribution is 2.24. The van der Waals surface area contributed by atoms with Crippen molar-refractivity contribution in [3.05, 3.63) is 66.5 Å². The lowest BCUT2D eigenvalue weighted by molar-refractivity contribution is -0.148. The van der Waals surface area contributed by atoms with Gasteiger partial charge in [0.05, 0.1) is 6.61 Å². The number of rotatable bonds is 13. The summed E-state index contributed by atoms with van der Waals surface area (Å²) in [5, 5.41) is 9.30. The molecule has 4 rings (SSSR count). The molecule has 38 heavy (non-hydrogen) atoms. The average molecular weight is 516 g/mol. The number of hydrogen-bond acceptors (Lipinski definition) is 5. The van der Waals surface area contributed by atoms with Crippen molar-refractivity contribution in [3.63, 3.8) is 0 Å². The lowest BCUT2D eigenvalue weighted by Gasteiger charge is -2.21. The molecule has 0 radical (unpaired) electrons. The Morgan fingerprint density at radius 3 is 2.29 bits per heavy atom. The van der Waals surface area contributed by atoms with E-state index in [-0.39, 0.29) is 5.91 Å². The number of ether oxygens (including phenoxy) is 1. The van der Waals surface area contributed by atoms with Crippen LogP contribution >= 0.6 is 0 Å². The highest BCUT2D eigenvalue weighted by molar-refractivity contribution is 5.84. The summed E-state index contributed by atoms with van der Waals surface area (Å²) in [4.78, 5) is 34.5. The zero-order valence-electron chi connectivity index (χ0n) is 22.1. The summed E-state index contributed by atoms with van der Waals surface area (Å²) in [6.45, 7) is 3.50. The number of aromatic nitrogens is 2. The van der Waals surface area contributed by atoms with Crippen molar-refractivity contribution in [1.82, 2.24) is 14.9 Å². The number of amides is 1. The summed E-state index contributed by atoms with van der Waals surface area (Å²) in [6.07, 6.45) is 11.9. The van der Waals surface area contributed by atoms with Crippen LogP contribution in [-0.4, -0.2) is 51.0 Å². The molecule has 1 fully saturated rings. The SMILES string of the molecule is CCCCCCCOc1ccc(-c2cnc(-c3ccc(CCC(=O)N4CCC[C@H]4C(=O)O)cc3)nc2)cc1. The number of aryl methyl sites for hydroxylation is 1. The summed E-state index contributed by atoms with van der Waals surface area (Å²) < 4.78 is 5.86. The Morgan fingerprint density at radius 2 is 1.61 bits per heavy atom. The molecule has 1 saturated heterocycles. The number of unbranched alkanes of at least 4 members (excludes halogenated alkanes) is 4. The van der Waals surface area contributed by atoms with Gasteiger partial charge in [0.2, 0.25) is 5.91 Å². The number of carboxylic acid groups (broad SMARTS) is 1. The Kier molecular flexibility index (Phi) is 9.84. The third kappa shape index (κ3) is 7.40. The second kappa shape index (κ2) is 13.7. The molecule has 1 amide bonds. The largest absolute Gasteiger partial charge is 0.494 e. The number of benzene rings is 2. The minimum atomic E-state index is -0.916. The van der Waals surface area contributed by atoms with E-state index in [9.17, 15) is 14.7 Å². The van der Waals surface area contributed by atoms with Gasteiger partial charge in [-0.2, -0.15) is 0 Å². The van der Waals surface area contributed by atoms with E-state index in [0.29, 0.717) is 31.6 Å². The van der Waals surface area contributed by atoms with Crippen molar-refractivity contribution < 1.29 is 19.4 Å². The predicted octanol–water partition coefficient (Wildman–Crippen LogP) is 6.17. The molecule has 1 N–H and O–H groups in total. The minimum absolute atomic E-state index is 0.0973. The van der Waals surface area contributed by atoms with Gasteiger partial charge in [0.25, 0.3) is 0 Å². The van der Waals surface area contributed by atoms with Gasteiger partial charge in [-0.1, -0.05) is 69.0 Å². The van der Waals surface area contributed by atoms with E-state index in [1.165, 1.54) is 30.6 Å². The number of likely N-dealkylation sites (tertiary alicyclic amines) is 1. The van der Waals surface area contributed by atoms with Gasteiger partial charge in [0, 0.05) is 36.5 Å². The lowest BCUT2D eigenvalue weighted by atomic mass is 10.1. The van der Waals surface area contributed by atoms with Crippen LogP contribution in [0.1, 0.15) is 63.9 Å². The molecule has 1 aliphatic rings. The summed E-state index contributed by atoms with van der Waals surface area (Å²) in [5.41, 5.74) is 3.90. The van der Waals surface area contributed by atoms with Crippen LogP contribution in [0.25, 0.3) is 22.5 Å². The predicted molar refractivity (Wildman–Crippen MR) is 148 cm³/mol. The molecule has 0 unspecified atom stereocenters. The molecule has 2 aromatic carbocycles. The van der Waals surface area contributed by atoms with Gasteiger partial charge in [-0.25, -0.2) is 14.8 Å². The van der Waals surface area contributed by atoms with E-state index in [1.54, 1.807) is 0 Å². The van der Waals surface area contributed by atoms with Gasteiger partial charge in [0.15, 0.2) is 5.82 Å². The number of carbonyl (C=O) groups is 2. The number of nitrogens with zero attached hydrogens (tertiary/aromatic N) is 3. The smallest absolute Gasteiger partial charge is 0.326 e. The van der Waals surface area contributed by atoms with E-state index < -0.39 is 12.0 Å². The summed E-state index contributed by atoms with van der Waals surface area (Å²) in [5.74, 6) is 0.507. The second-order valence-corrected chi connectivity index (χ2v) is 9.86.